The van der Waals surface area contributed by atoms with Gasteiger partial charge in [-0.3, -0.25) is 14.5 Å². The van der Waals surface area contributed by atoms with Gasteiger partial charge in [-0.05, 0) is 42.5 Å². The molecule has 1 unspecified atom stereocenters. The largest absolute Gasteiger partial charge is 0.354 e. The maximum absolute atomic E-state index is 12.4. The molecule has 1 atom stereocenters. The Morgan fingerprint density at radius 1 is 1.14 bits per heavy atom. The third kappa shape index (κ3) is 3.97. The average molecular weight is 375 g/mol. The van der Waals surface area contributed by atoms with Crippen LogP contribution in [0, 0.1) is 0 Å². The zero-order chi connectivity index (χ0) is 19.3. The summed E-state index contributed by atoms with van der Waals surface area (Å²) in [4.78, 5) is 16.5. The van der Waals surface area contributed by atoms with E-state index in [-0.39, 0.29) is 5.91 Å². The van der Waals surface area contributed by atoms with Crippen molar-refractivity contribution in [1.82, 2.24) is 25.4 Å². The average Bonchev–Trinajstić information content (AvgIpc) is 3.11. The predicted octanol–water partition coefficient (Wildman–Crippen LogP) is 2.33. The van der Waals surface area contributed by atoms with Crippen molar-refractivity contribution in [3.05, 3.63) is 82.9 Å². The number of amides is 1. The van der Waals surface area contributed by atoms with Crippen molar-refractivity contribution < 1.29 is 4.79 Å². The molecule has 1 amide bonds. The lowest BCUT2D eigenvalue weighted by Gasteiger charge is -2.24. The molecule has 2 aromatic heterocycles. The van der Waals surface area contributed by atoms with Gasteiger partial charge in [0.15, 0.2) is 5.69 Å². The minimum absolute atomic E-state index is 0.113. The molecule has 4 rings (SSSR count). The standard InChI is InChI=1S/C22H25N5O/c1-23-22(28)21-19-13-18(25-14-16-9-11-24-12-10-16)7-8-20(19)27(26-21)15-17-5-3-2-4-6-17/h2-6,9-12,18,25H,7-8,13-15H2,1H3,(H,23,28). The first-order chi connectivity index (χ1) is 13.7. The quantitative estimate of drug-likeness (QED) is 0.694. The number of rotatable bonds is 6. The molecule has 144 valence electrons. The minimum Gasteiger partial charge on any atom is -0.354 e. The summed E-state index contributed by atoms with van der Waals surface area (Å²) in [5, 5.41) is 11.0. The molecule has 1 aromatic carbocycles. The number of hydrogen-bond donors (Lipinski definition) is 2. The fraction of sp³-hybridized carbons (Fsp3) is 0.318. The van der Waals surface area contributed by atoms with Crippen molar-refractivity contribution >= 4 is 5.91 Å². The number of pyridine rings is 1. The number of carbonyl (C=O) groups excluding carboxylic acids is 1. The maximum Gasteiger partial charge on any atom is 0.271 e. The third-order valence-corrected chi connectivity index (χ3v) is 5.31. The fourth-order valence-electron chi connectivity index (χ4n) is 3.81. The maximum atomic E-state index is 12.4. The fourth-order valence-corrected chi connectivity index (χ4v) is 3.81. The number of nitrogens with one attached hydrogen (secondary N) is 2. The summed E-state index contributed by atoms with van der Waals surface area (Å²) in [7, 11) is 1.66. The number of benzene rings is 1. The second-order valence-corrected chi connectivity index (χ2v) is 7.17. The van der Waals surface area contributed by atoms with Gasteiger partial charge in [0, 0.05) is 43.3 Å². The number of fused-ring (bicyclic) bond motifs is 1. The summed E-state index contributed by atoms with van der Waals surface area (Å²) in [6, 6.07) is 14.6. The molecule has 0 fully saturated rings. The van der Waals surface area contributed by atoms with E-state index in [1.807, 2.05) is 47.4 Å². The first kappa shape index (κ1) is 18.4. The summed E-state index contributed by atoms with van der Waals surface area (Å²) in [6.07, 6.45) is 6.39. The van der Waals surface area contributed by atoms with Gasteiger partial charge in [-0.1, -0.05) is 30.3 Å². The van der Waals surface area contributed by atoms with Gasteiger partial charge in [0.2, 0.25) is 0 Å². The van der Waals surface area contributed by atoms with E-state index >= 15 is 0 Å². The van der Waals surface area contributed by atoms with Crippen LogP contribution in [0.1, 0.15) is 39.3 Å². The van der Waals surface area contributed by atoms with Crippen LogP contribution in [0.4, 0.5) is 0 Å². The Balaban J connectivity index is 1.54. The van der Waals surface area contributed by atoms with Crippen LogP contribution in [0.25, 0.3) is 0 Å². The number of carbonyl (C=O) groups is 1. The lowest BCUT2D eigenvalue weighted by Crippen LogP contribution is -2.35. The Bertz CT molecular complexity index is 936. The Morgan fingerprint density at radius 3 is 2.68 bits per heavy atom. The van der Waals surface area contributed by atoms with Crippen LogP contribution < -0.4 is 10.6 Å². The summed E-state index contributed by atoms with van der Waals surface area (Å²) in [6.45, 7) is 1.49. The number of nitrogens with zero attached hydrogens (tertiary/aromatic N) is 3. The topological polar surface area (TPSA) is 71.8 Å². The van der Waals surface area contributed by atoms with Gasteiger partial charge in [0.1, 0.15) is 0 Å². The van der Waals surface area contributed by atoms with Crippen LogP contribution >= 0.6 is 0 Å². The van der Waals surface area contributed by atoms with Crippen LogP contribution in [-0.2, 0) is 25.9 Å². The monoisotopic (exact) mass is 375 g/mol. The minimum atomic E-state index is -0.113. The molecule has 1 aliphatic carbocycles. The Kier molecular flexibility index (Phi) is 5.48. The van der Waals surface area contributed by atoms with Crippen molar-refractivity contribution in [2.75, 3.05) is 7.05 Å². The highest BCUT2D eigenvalue weighted by Crippen LogP contribution is 2.26. The van der Waals surface area contributed by atoms with E-state index in [1.165, 1.54) is 16.8 Å². The van der Waals surface area contributed by atoms with Gasteiger partial charge in [0.25, 0.3) is 5.91 Å². The van der Waals surface area contributed by atoms with Gasteiger partial charge in [-0.25, -0.2) is 0 Å². The van der Waals surface area contributed by atoms with Gasteiger partial charge in [-0.15, -0.1) is 0 Å². The predicted molar refractivity (Wildman–Crippen MR) is 108 cm³/mol. The van der Waals surface area contributed by atoms with Crippen molar-refractivity contribution in [3.63, 3.8) is 0 Å². The molecule has 0 bridgehead atoms. The molecule has 2 N–H and O–H groups in total. The Hall–Kier alpha value is -2.99. The Labute approximate surface area is 165 Å². The second-order valence-electron chi connectivity index (χ2n) is 7.17. The number of hydrogen-bond acceptors (Lipinski definition) is 4. The molecular weight excluding hydrogens is 350 g/mol. The zero-order valence-electron chi connectivity index (χ0n) is 16.1. The van der Waals surface area contributed by atoms with E-state index in [1.54, 1.807) is 7.05 Å². The SMILES string of the molecule is CNC(=O)c1nn(Cc2ccccc2)c2c1CC(NCc1ccncc1)CC2. The van der Waals surface area contributed by atoms with E-state index in [0.717, 1.165) is 31.4 Å². The molecule has 6 heteroatoms. The molecule has 0 radical (unpaired) electrons. The van der Waals surface area contributed by atoms with Gasteiger partial charge in [0.05, 0.1) is 6.54 Å². The van der Waals surface area contributed by atoms with Crippen LogP contribution in [0.3, 0.4) is 0 Å². The highest BCUT2D eigenvalue weighted by Gasteiger charge is 2.28. The molecule has 6 nitrogen and oxygen atoms in total. The van der Waals surface area contributed by atoms with Gasteiger partial charge in [-0.2, -0.15) is 5.10 Å². The van der Waals surface area contributed by atoms with Gasteiger partial charge >= 0.3 is 0 Å². The molecule has 2 heterocycles. The van der Waals surface area contributed by atoms with Crippen molar-refractivity contribution in [1.29, 1.82) is 0 Å². The smallest absolute Gasteiger partial charge is 0.271 e. The van der Waals surface area contributed by atoms with E-state index in [4.69, 9.17) is 0 Å². The summed E-state index contributed by atoms with van der Waals surface area (Å²) in [5.74, 6) is -0.113. The molecule has 0 spiro atoms. The molecule has 0 saturated heterocycles. The van der Waals surface area contributed by atoms with Crippen LogP contribution in [0.5, 0.6) is 0 Å². The van der Waals surface area contributed by atoms with E-state index in [2.05, 4.69) is 32.8 Å². The molecule has 1 aliphatic rings. The normalized spacial score (nSPS) is 15.8. The number of aromatic nitrogens is 3. The molecule has 28 heavy (non-hydrogen) atoms. The first-order valence-corrected chi connectivity index (χ1v) is 9.71. The summed E-state index contributed by atoms with van der Waals surface area (Å²) in [5.41, 5.74) is 5.23. The van der Waals surface area contributed by atoms with Crippen molar-refractivity contribution in [3.8, 4) is 0 Å². The second kappa shape index (κ2) is 8.35. The first-order valence-electron chi connectivity index (χ1n) is 9.71. The highest BCUT2D eigenvalue weighted by molar-refractivity contribution is 5.93. The van der Waals surface area contributed by atoms with E-state index < -0.39 is 0 Å². The molecule has 3 aromatic rings. The summed E-state index contributed by atoms with van der Waals surface area (Å²) < 4.78 is 2.01. The van der Waals surface area contributed by atoms with Crippen LogP contribution in [0.2, 0.25) is 0 Å². The molecule has 0 aliphatic heterocycles. The van der Waals surface area contributed by atoms with Crippen molar-refractivity contribution in [2.24, 2.45) is 0 Å². The Morgan fingerprint density at radius 2 is 1.93 bits per heavy atom. The van der Waals surface area contributed by atoms with Gasteiger partial charge < -0.3 is 10.6 Å². The lowest BCUT2D eigenvalue weighted by atomic mass is 9.91. The summed E-state index contributed by atoms with van der Waals surface area (Å²) >= 11 is 0. The van der Waals surface area contributed by atoms with E-state index in [9.17, 15) is 4.79 Å². The molecule has 0 saturated carbocycles. The van der Waals surface area contributed by atoms with E-state index in [0.29, 0.717) is 18.3 Å². The highest BCUT2D eigenvalue weighted by atomic mass is 16.1. The molecular formula is C22H25N5O. The third-order valence-electron chi connectivity index (χ3n) is 5.31. The lowest BCUT2D eigenvalue weighted by molar-refractivity contribution is 0.0956. The van der Waals surface area contributed by atoms with Crippen molar-refractivity contribution in [2.45, 2.75) is 38.4 Å². The zero-order valence-corrected chi connectivity index (χ0v) is 16.1. The van der Waals surface area contributed by atoms with Crippen LogP contribution in [0.15, 0.2) is 54.9 Å². The van der Waals surface area contributed by atoms with Crippen LogP contribution in [-0.4, -0.2) is 33.8 Å².